The molecule has 0 spiro atoms. The van der Waals surface area contributed by atoms with Gasteiger partial charge in [0.1, 0.15) is 0 Å². The van der Waals surface area contributed by atoms with Crippen LogP contribution in [0.4, 0.5) is 34.1 Å². The number of carboxylic acids is 3. The molecular weight excluding hydrogens is 863 g/mol. The maximum atomic E-state index is 10.4. The predicted octanol–water partition coefficient (Wildman–Crippen LogP) is 2.15. The average Bonchev–Trinajstić information content (AvgIpc) is 3.15. The monoisotopic (exact) mass is 886 g/mol. The molecule has 0 radical (unpaired) electrons. The molecule has 0 aliphatic carbocycles. The van der Waals surface area contributed by atoms with Crippen molar-refractivity contribution in [1.82, 2.24) is 0 Å². The Hall–Kier alpha value is -7.51. The van der Waals surface area contributed by atoms with E-state index in [4.69, 9.17) is 0 Å². The maximum absolute atomic E-state index is 10.4. The summed E-state index contributed by atoms with van der Waals surface area (Å²) in [5.74, 6) is -5.12. The van der Waals surface area contributed by atoms with Gasteiger partial charge in [0.15, 0.2) is 0 Å². The Kier molecular flexibility index (Phi) is 17.2. The molecule has 4 aromatic carbocycles. The SMILES string of the molecule is CC(C)([CH2][Sn+3])c1ccccc1.O=C([O-])c1cc([N+](=O)[O-])cc([N+](=O)[O-])c1.O=C([O-])c1cc([N+](=O)[O-])cc([N+](=O)[O-])c1.O=C([O-])c1cc([N+](=O)[O-])cc([N+](=O)[O-])c1. The van der Waals surface area contributed by atoms with E-state index in [0.717, 1.165) is 0 Å². The molecule has 4 rings (SSSR count). The average molecular weight is 885 g/mol. The molecule has 0 N–H and O–H groups in total. The first-order valence-corrected chi connectivity index (χ1v) is 16.6. The van der Waals surface area contributed by atoms with Gasteiger partial charge in [0.2, 0.25) is 0 Å². The summed E-state index contributed by atoms with van der Waals surface area (Å²) in [5, 5.41) is 93.1. The second kappa shape index (κ2) is 20.7. The fraction of sp³-hybridized carbons (Fsp3) is 0.129. The van der Waals surface area contributed by atoms with Gasteiger partial charge in [-0.1, -0.05) is 0 Å². The third-order valence-corrected chi connectivity index (χ3v) is 9.20. The molecule has 0 fully saturated rings. The number of benzene rings is 4. The number of hydrogen-bond acceptors (Lipinski definition) is 18. The summed E-state index contributed by atoms with van der Waals surface area (Å²) < 4.78 is 1.28. The summed E-state index contributed by atoms with van der Waals surface area (Å²) in [5.41, 5.74) is -3.95. The molecule has 0 saturated heterocycles. The Bertz CT molecular complexity index is 1760. The molecule has 0 unspecified atom stereocenters. The van der Waals surface area contributed by atoms with E-state index in [2.05, 4.69) is 44.2 Å². The topological polar surface area (TPSA) is 379 Å². The second-order valence-electron chi connectivity index (χ2n) is 11.0. The fourth-order valence-corrected chi connectivity index (χ4v) is 4.35. The number of carboxylic acid groups (broad SMARTS) is 3. The molecule has 56 heavy (non-hydrogen) atoms. The van der Waals surface area contributed by atoms with Crippen molar-refractivity contribution >= 4 is 74.6 Å². The van der Waals surface area contributed by atoms with Crippen molar-refractivity contribution in [3.63, 3.8) is 0 Å². The van der Waals surface area contributed by atoms with E-state index in [9.17, 15) is 90.4 Å². The zero-order valence-electron chi connectivity index (χ0n) is 28.3. The third kappa shape index (κ3) is 14.5. The summed E-state index contributed by atoms with van der Waals surface area (Å²) in [6, 6.07) is 16.9. The van der Waals surface area contributed by atoms with Crippen molar-refractivity contribution < 1.29 is 59.2 Å². The van der Waals surface area contributed by atoms with Crippen molar-refractivity contribution in [2.24, 2.45) is 0 Å². The number of hydrogen-bond donors (Lipinski definition) is 0. The molecule has 0 heterocycles. The van der Waals surface area contributed by atoms with Gasteiger partial charge in [-0.05, 0) is 0 Å². The molecule has 25 heteroatoms. The van der Waals surface area contributed by atoms with E-state index >= 15 is 0 Å². The molecule has 0 aromatic heterocycles. The summed E-state index contributed by atoms with van der Waals surface area (Å²) in [4.78, 5) is 87.6. The minimum Gasteiger partial charge on any atom is -0.545 e. The molecule has 24 nitrogen and oxygen atoms in total. The van der Waals surface area contributed by atoms with E-state index in [-0.39, 0.29) is 0 Å². The van der Waals surface area contributed by atoms with Crippen LogP contribution in [0.3, 0.4) is 0 Å². The Morgan fingerprint density at radius 2 is 0.679 bits per heavy atom. The van der Waals surface area contributed by atoms with Crippen LogP contribution in [0.5, 0.6) is 0 Å². The van der Waals surface area contributed by atoms with Gasteiger partial charge in [-0.25, -0.2) is 0 Å². The number of nitro groups is 6. The summed E-state index contributed by atoms with van der Waals surface area (Å²) in [6.45, 7) is 4.61. The quantitative estimate of drug-likeness (QED) is 0.118. The number of aromatic carboxylic acids is 3. The smallest absolute Gasteiger partial charge is 0.276 e. The van der Waals surface area contributed by atoms with Gasteiger partial charge in [0.05, 0.1) is 65.6 Å². The zero-order valence-corrected chi connectivity index (χ0v) is 31.2. The molecule has 0 saturated carbocycles. The summed E-state index contributed by atoms with van der Waals surface area (Å²) in [6.07, 6.45) is 0. The van der Waals surface area contributed by atoms with Crippen LogP contribution in [0.15, 0.2) is 84.9 Å². The fourth-order valence-electron chi connectivity index (χ4n) is 3.76. The Balaban J connectivity index is 0.000000376. The zero-order chi connectivity index (χ0) is 43.1. The van der Waals surface area contributed by atoms with Gasteiger partial charge >= 0.3 is 82.1 Å². The van der Waals surface area contributed by atoms with E-state index in [1.54, 1.807) is 22.5 Å². The summed E-state index contributed by atoms with van der Waals surface area (Å²) >= 11 is 1.62. The first-order chi connectivity index (χ1) is 25.9. The van der Waals surface area contributed by atoms with Crippen LogP contribution < -0.4 is 15.3 Å². The Morgan fingerprint density at radius 3 is 0.839 bits per heavy atom. The van der Waals surface area contributed by atoms with Crippen LogP contribution in [0.1, 0.15) is 50.5 Å². The van der Waals surface area contributed by atoms with Crippen LogP contribution in [-0.2, 0) is 5.41 Å². The van der Waals surface area contributed by atoms with Gasteiger partial charge in [-0.3, -0.25) is 60.7 Å². The van der Waals surface area contributed by atoms with Gasteiger partial charge in [-0.15, -0.1) is 0 Å². The number of nitrogens with zero attached hydrogens (tertiary/aromatic N) is 6. The number of nitro benzene ring substituents is 6. The third-order valence-electron chi connectivity index (χ3n) is 6.68. The van der Waals surface area contributed by atoms with Crippen LogP contribution in [0.2, 0.25) is 4.44 Å². The molecule has 4 aromatic rings. The first kappa shape index (κ1) is 46.5. The van der Waals surface area contributed by atoms with Gasteiger partial charge in [0, 0.05) is 53.1 Å². The van der Waals surface area contributed by atoms with Crippen LogP contribution in [0, 0.1) is 60.7 Å². The molecule has 0 bridgehead atoms. The predicted molar refractivity (Wildman–Crippen MR) is 182 cm³/mol. The molecule has 288 valence electrons. The second-order valence-corrected chi connectivity index (χ2v) is 12.1. The number of carbonyl (C=O) groups excluding carboxylic acids is 3. The van der Waals surface area contributed by atoms with E-state index in [1.165, 1.54) is 10.0 Å². The van der Waals surface area contributed by atoms with Crippen molar-refractivity contribution in [3.05, 3.63) is 168 Å². The molecule has 0 aliphatic heterocycles. The van der Waals surface area contributed by atoms with Crippen molar-refractivity contribution in [3.8, 4) is 0 Å². The van der Waals surface area contributed by atoms with Crippen molar-refractivity contribution in [2.45, 2.75) is 23.7 Å². The Labute approximate surface area is 324 Å². The van der Waals surface area contributed by atoms with Crippen molar-refractivity contribution in [1.29, 1.82) is 0 Å². The maximum Gasteiger partial charge on any atom is 0.276 e. The van der Waals surface area contributed by atoms with Crippen LogP contribution in [-0.4, -0.2) is 70.0 Å². The van der Waals surface area contributed by atoms with Crippen LogP contribution in [0.25, 0.3) is 0 Å². The molecule has 0 aliphatic rings. The molecule has 0 amide bonds. The van der Waals surface area contributed by atoms with Gasteiger partial charge in [-0.2, -0.15) is 0 Å². The summed E-state index contributed by atoms with van der Waals surface area (Å²) in [7, 11) is 0. The minimum absolute atomic E-state index is 0.375. The molecular formula is C31H22N6O18Sn. The number of rotatable bonds is 11. The number of non-ortho nitro benzene ring substituents is 6. The minimum atomic E-state index is -1.71. The first-order valence-electron chi connectivity index (χ1n) is 14.6. The van der Waals surface area contributed by atoms with Gasteiger partial charge in [0.25, 0.3) is 34.1 Å². The van der Waals surface area contributed by atoms with Crippen LogP contribution >= 0.6 is 0 Å². The van der Waals surface area contributed by atoms with Gasteiger partial charge < -0.3 is 29.7 Å². The van der Waals surface area contributed by atoms with E-state index < -0.39 is 98.3 Å². The number of carbonyl (C=O) groups is 3. The largest absolute Gasteiger partial charge is 0.545 e. The van der Waals surface area contributed by atoms with Crippen molar-refractivity contribution in [2.75, 3.05) is 0 Å². The standard InChI is InChI=1S/C10H13.3C7H4N2O6.Sn/c1-10(2,3)9-7-5-4-6-8-9;3*10-7(11)4-1-5(8(12)13)3-6(2-4)9(14)15;/h4-8H,1H2,2-3H3;3*1-3H,(H,10,11);/q;;;;+3/p-3. The molecule has 0 atom stereocenters. The van der Waals surface area contributed by atoms with E-state index in [1.807, 2.05) is 0 Å². The van der Waals surface area contributed by atoms with E-state index in [0.29, 0.717) is 60.0 Å². The normalized spacial score (nSPS) is 10.0. The Morgan fingerprint density at radius 1 is 0.464 bits per heavy atom.